The molecular formula is C7H14N3O4P. The Morgan fingerprint density at radius 3 is 2.73 bits per heavy atom. The van der Waals surface area contributed by atoms with E-state index < -0.39 is 13.3 Å². The largest absolute Gasteiger partial charge is 0.396 e. The predicted molar refractivity (Wildman–Crippen MR) is 52.2 cm³/mol. The molecule has 8 heteroatoms. The normalized spacial score (nSPS) is 14.1. The van der Waals surface area contributed by atoms with Gasteiger partial charge in [-0.1, -0.05) is 0 Å². The number of aliphatic hydroxyl groups is 1. The molecule has 1 heterocycles. The van der Waals surface area contributed by atoms with Crippen LogP contribution in [0.4, 0.5) is 0 Å². The number of hydrogen-bond acceptors (Lipinski definition) is 4. The molecule has 0 bridgehead atoms. The molecule has 1 rings (SSSR count). The van der Waals surface area contributed by atoms with E-state index in [0.717, 1.165) is 0 Å². The van der Waals surface area contributed by atoms with Crippen LogP contribution in [0.3, 0.4) is 0 Å². The maximum Gasteiger partial charge on any atom is 0.336 e. The van der Waals surface area contributed by atoms with E-state index in [1.807, 2.05) is 0 Å². The highest BCUT2D eigenvalue weighted by Crippen LogP contribution is 2.52. The summed E-state index contributed by atoms with van der Waals surface area (Å²) < 4.78 is 12.6. The summed E-state index contributed by atoms with van der Waals surface area (Å²) in [6, 6.07) is 0. The lowest BCUT2D eigenvalue weighted by atomic mass is 10.3. The molecule has 0 spiro atoms. The highest BCUT2D eigenvalue weighted by Gasteiger charge is 2.33. The van der Waals surface area contributed by atoms with E-state index in [-0.39, 0.29) is 18.9 Å². The molecule has 3 N–H and O–H groups in total. The fourth-order valence-corrected chi connectivity index (χ4v) is 2.30. The van der Waals surface area contributed by atoms with Gasteiger partial charge in [0.2, 0.25) is 0 Å². The fraction of sp³-hybridized carbons (Fsp3) is 0.714. The Labute approximate surface area is 86.9 Å². The van der Waals surface area contributed by atoms with Gasteiger partial charge in [-0.2, -0.15) is 5.10 Å². The molecule has 7 nitrogen and oxygen atoms in total. The maximum atomic E-state index is 11.2. The molecule has 0 amide bonds. The third kappa shape index (κ3) is 2.85. The molecule has 15 heavy (non-hydrogen) atoms. The zero-order valence-corrected chi connectivity index (χ0v) is 9.21. The Morgan fingerprint density at radius 1 is 1.60 bits per heavy atom. The summed E-state index contributed by atoms with van der Waals surface area (Å²) in [7, 11) is -4.30. The predicted octanol–water partition coefficient (Wildman–Crippen LogP) is -0.101. The van der Waals surface area contributed by atoms with Gasteiger partial charge in [-0.15, -0.1) is 0 Å². The summed E-state index contributed by atoms with van der Waals surface area (Å²) in [5.74, 6) is 0.222. The highest BCUT2D eigenvalue weighted by molar-refractivity contribution is 7.52. The molecule has 0 saturated carbocycles. The lowest BCUT2D eigenvalue weighted by Crippen LogP contribution is -2.11. The molecule has 1 unspecified atom stereocenters. The molecule has 0 aliphatic heterocycles. The lowest BCUT2D eigenvalue weighted by Gasteiger charge is -2.16. The standard InChI is InChI=1S/C7H14N3O4P/c1-2-10-7(8-5-9-10)6(3-4-11)15(12,13)14/h5-6,11H,2-4H2,1H3,(H2,12,13,14). The number of aliphatic hydroxyl groups excluding tert-OH is 1. The van der Waals surface area contributed by atoms with Gasteiger partial charge < -0.3 is 14.9 Å². The van der Waals surface area contributed by atoms with Crippen molar-refractivity contribution >= 4 is 7.60 Å². The minimum absolute atomic E-state index is 0.0248. The first-order chi connectivity index (χ1) is 7.00. The second kappa shape index (κ2) is 4.85. The molecule has 0 saturated heterocycles. The van der Waals surface area contributed by atoms with Crippen molar-refractivity contribution in [3.05, 3.63) is 12.2 Å². The van der Waals surface area contributed by atoms with Gasteiger partial charge in [-0.05, 0) is 13.3 Å². The van der Waals surface area contributed by atoms with Crippen LogP contribution in [0.1, 0.15) is 24.8 Å². The van der Waals surface area contributed by atoms with E-state index in [2.05, 4.69) is 10.1 Å². The van der Waals surface area contributed by atoms with Crippen LogP contribution in [0, 0.1) is 0 Å². The van der Waals surface area contributed by atoms with Gasteiger partial charge in [0.25, 0.3) is 0 Å². The van der Waals surface area contributed by atoms with Crippen molar-refractivity contribution in [3.63, 3.8) is 0 Å². The van der Waals surface area contributed by atoms with E-state index in [0.29, 0.717) is 6.54 Å². The average Bonchev–Trinajstić information content (AvgIpc) is 2.59. The monoisotopic (exact) mass is 235 g/mol. The number of rotatable bonds is 5. The maximum absolute atomic E-state index is 11.2. The first-order valence-electron chi connectivity index (χ1n) is 4.54. The summed E-state index contributed by atoms with van der Waals surface area (Å²) in [6.07, 6.45) is 1.22. The fourth-order valence-electron chi connectivity index (χ4n) is 1.34. The van der Waals surface area contributed by atoms with Crippen molar-refractivity contribution in [2.45, 2.75) is 25.5 Å². The minimum Gasteiger partial charge on any atom is -0.396 e. The first kappa shape index (κ1) is 12.3. The summed E-state index contributed by atoms with van der Waals surface area (Å²) in [4.78, 5) is 22.1. The lowest BCUT2D eigenvalue weighted by molar-refractivity contribution is 0.270. The van der Waals surface area contributed by atoms with Crippen LogP contribution >= 0.6 is 7.60 Å². The van der Waals surface area contributed by atoms with Crippen molar-refractivity contribution in [1.29, 1.82) is 0 Å². The molecule has 1 atom stereocenters. The molecule has 1 aromatic rings. The highest BCUT2D eigenvalue weighted by atomic mass is 31.2. The zero-order valence-electron chi connectivity index (χ0n) is 8.31. The number of hydrogen-bond donors (Lipinski definition) is 3. The van der Waals surface area contributed by atoms with E-state index in [9.17, 15) is 4.57 Å². The van der Waals surface area contributed by atoms with Crippen LogP contribution in [0.5, 0.6) is 0 Å². The van der Waals surface area contributed by atoms with Gasteiger partial charge in [-0.3, -0.25) is 4.57 Å². The van der Waals surface area contributed by atoms with Gasteiger partial charge in [0.15, 0.2) is 0 Å². The Morgan fingerprint density at radius 2 is 2.27 bits per heavy atom. The van der Waals surface area contributed by atoms with Crippen molar-refractivity contribution < 1.29 is 19.5 Å². The van der Waals surface area contributed by atoms with Crippen LogP contribution in [-0.4, -0.2) is 36.3 Å². The quantitative estimate of drug-likeness (QED) is 0.615. The molecule has 0 radical (unpaired) electrons. The molecule has 0 aromatic carbocycles. The van der Waals surface area contributed by atoms with E-state index >= 15 is 0 Å². The van der Waals surface area contributed by atoms with Crippen molar-refractivity contribution in [2.75, 3.05) is 6.61 Å². The molecule has 1 aromatic heterocycles. The Hall–Kier alpha value is -0.750. The van der Waals surface area contributed by atoms with E-state index in [1.165, 1.54) is 11.0 Å². The Kier molecular flexibility index (Phi) is 3.98. The van der Waals surface area contributed by atoms with Crippen LogP contribution in [0.2, 0.25) is 0 Å². The van der Waals surface area contributed by atoms with E-state index in [1.54, 1.807) is 6.92 Å². The third-order valence-electron chi connectivity index (χ3n) is 2.05. The SMILES string of the molecule is CCn1ncnc1C(CCO)P(=O)(O)O. The Balaban J connectivity index is 3.04. The van der Waals surface area contributed by atoms with Crippen LogP contribution in [-0.2, 0) is 11.1 Å². The number of aryl methyl sites for hydroxylation is 1. The second-order valence-corrected chi connectivity index (χ2v) is 4.85. The van der Waals surface area contributed by atoms with Gasteiger partial charge in [0.05, 0.1) is 0 Å². The van der Waals surface area contributed by atoms with Crippen LogP contribution in [0.15, 0.2) is 6.33 Å². The van der Waals surface area contributed by atoms with Gasteiger partial charge in [-0.25, -0.2) is 9.67 Å². The minimum atomic E-state index is -4.30. The van der Waals surface area contributed by atoms with Crippen molar-refractivity contribution in [2.24, 2.45) is 0 Å². The van der Waals surface area contributed by atoms with Gasteiger partial charge in [0.1, 0.15) is 17.8 Å². The average molecular weight is 235 g/mol. The summed E-state index contributed by atoms with van der Waals surface area (Å²) in [5.41, 5.74) is -1.08. The van der Waals surface area contributed by atoms with Crippen LogP contribution in [0.25, 0.3) is 0 Å². The van der Waals surface area contributed by atoms with Crippen molar-refractivity contribution in [3.8, 4) is 0 Å². The topological polar surface area (TPSA) is 108 Å². The zero-order chi connectivity index (χ0) is 11.5. The molecule has 86 valence electrons. The number of aromatic nitrogens is 3. The molecule has 0 aliphatic rings. The van der Waals surface area contributed by atoms with E-state index in [4.69, 9.17) is 14.9 Å². The Bertz CT molecular complexity index is 361. The first-order valence-corrected chi connectivity index (χ1v) is 6.22. The summed E-state index contributed by atoms with van der Waals surface area (Å²) in [6.45, 7) is 1.98. The third-order valence-corrected chi connectivity index (χ3v) is 3.35. The van der Waals surface area contributed by atoms with Gasteiger partial charge in [0, 0.05) is 13.2 Å². The molecule has 0 aliphatic carbocycles. The van der Waals surface area contributed by atoms with Gasteiger partial charge >= 0.3 is 7.60 Å². The van der Waals surface area contributed by atoms with Crippen molar-refractivity contribution in [1.82, 2.24) is 14.8 Å². The second-order valence-electron chi connectivity index (χ2n) is 3.05. The smallest absolute Gasteiger partial charge is 0.336 e. The molecular weight excluding hydrogens is 221 g/mol. The number of nitrogens with zero attached hydrogens (tertiary/aromatic N) is 3. The molecule has 0 fully saturated rings. The summed E-state index contributed by atoms with van der Waals surface area (Å²) >= 11 is 0. The summed E-state index contributed by atoms with van der Waals surface area (Å²) in [5, 5.41) is 12.6. The van der Waals surface area contributed by atoms with Crippen LogP contribution < -0.4 is 0 Å².